The third-order valence-corrected chi connectivity index (χ3v) is 2.94. The maximum Gasteiger partial charge on any atom is 0.307 e. The summed E-state index contributed by atoms with van der Waals surface area (Å²) >= 11 is 0. The molecule has 19 heavy (non-hydrogen) atoms. The van der Waals surface area contributed by atoms with Gasteiger partial charge in [0.15, 0.2) is 0 Å². The fourth-order valence-corrected chi connectivity index (χ4v) is 1.92. The molecule has 4 nitrogen and oxygen atoms in total. The van der Waals surface area contributed by atoms with E-state index >= 15 is 0 Å². The molecule has 1 aromatic rings. The molecule has 0 fully saturated rings. The summed E-state index contributed by atoms with van der Waals surface area (Å²) in [4.78, 5) is 12.9. The first kappa shape index (κ1) is 15.5. The third kappa shape index (κ3) is 6.25. The standard InChI is InChI=1S/C15H23NO3/c1-3-9-16(4-2)10-11-19-14-7-5-13(6-8-14)12-15(17)18/h5-8H,3-4,9-12H2,1-2H3,(H,17,18). The van der Waals surface area contributed by atoms with Gasteiger partial charge in [-0.25, -0.2) is 0 Å². The van der Waals surface area contributed by atoms with Gasteiger partial charge < -0.3 is 14.7 Å². The van der Waals surface area contributed by atoms with Crippen molar-refractivity contribution >= 4 is 5.97 Å². The molecule has 1 N–H and O–H groups in total. The smallest absolute Gasteiger partial charge is 0.307 e. The molecule has 0 saturated heterocycles. The largest absolute Gasteiger partial charge is 0.492 e. The van der Waals surface area contributed by atoms with E-state index in [1.807, 2.05) is 12.1 Å². The van der Waals surface area contributed by atoms with Crippen molar-refractivity contribution in [3.05, 3.63) is 29.8 Å². The highest BCUT2D eigenvalue weighted by atomic mass is 16.5. The molecule has 0 spiro atoms. The second-order valence-electron chi connectivity index (χ2n) is 4.50. The van der Waals surface area contributed by atoms with Crippen molar-refractivity contribution in [1.82, 2.24) is 4.90 Å². The molecule has 0 saturated carbocycles. The van der Waals surface area contributed by atoms with Gasteiger partial charge in [0.05, 0.1) is 6.42 Å². The minimum atomic E-state index is -0.813. The van der Waals surface area contributed by atoms with Crippen molar-refractivity contribution in [2.24, 2.45) is 0 Å². The number of ether oxygens (including phenoxy) is 1. The summed E-state index contributed by atoms with van der Waals surface area (Å²) in [7, 11) is 0. The van der Waals surface area contributed by atoms with Crippen LogP contribution in [0.3, 0.4) is 0 Å². The lowest BCUT2D eigenvalue weighted by molar-refractivity contribution is -0.136. The zero-order valence-electron chi connectivity index (χ0n) is 11.8. The summed E-state index contributed by atoms with van der Waals surface area (Å²) in [5.74, 6) is -0.0199. The zero-order chi connectivity index (χ0) is 14.1. The van der Waals surface area contributed by atoms with Gasteiger partial charge in [0, 0.05) is 6.54 Å². The highest BCUT2D eigenvalue weighted by molar-refractivity contribution is 5.70. The molecule has 0 aliphatic heterocycles. The first-order chi connectivity index (χ1) is 9.15. The van der Waals surface area contributed by atoms with Crippen LogP contribution in [0.4, 0.5) is 0 Å². The molecular weight excluding hydrogens is 242 g/mol. The Morgan fingerprint density at radius 3 is 2.42 bits per heavy atom. The van der Waals surface area contributed by atoms with Crippen molar-refractivity contribution in [2.75, 3.05) is 26.2 Å². The number of hydrogen-bond donors (Lipinski definition) is 1. The molecule has 0 amide bonds. The number of rotatable bonds is 9. The lowest BCUT2D eigenvalue weighted by atomic mass is 10.1. The second-order valence-corrected chi connectivity index (χ2v) is 4.50. The van der Waals surface area contributed by atoms with E-state index in [0.29, 0.717) is 6.61 Å². The number of carboxylic acids is 1. The summed E-state index contributed by atoms with van der Waals surface area (Å²) in [6.07, 6.45) is 1.21. The van der Waals surface area contributed by atoms with Gasteiger partial charge in [0.1, 0.15) is 12.4 Å². The molecule has 0 heterocycles. The van der Waals surface area contributed by atoms with Gasteiger partial charge in [-0.3, -0.25) is 4.79 Å². The average molecular weight is 265 g/mol. The minimum Gasteiger partial charge on any atom is -0.492 e. The highest BCUT2D eigenvalue weighted by Crippen LogP contribution is 2.12. The molecule has 0 aromatic heterocycles. The first-order valence-corrected chi connectivity index (χ1v) is 6.81. The molecule has 106 valence electrons. The maximum atomic E-state index is 10.6. The number of carboxylic acid groups (broad SMARTS) is 1. The van der Waals surface area contributed by atoms with Gasteiger partial charge in [0.25, 0.3) is 0 Å². The van der Waals surface area contributed by atoms with E-state index in [1.165, 1.54) is 0 Å². The molecule has 4 heteroatoms. The summed E-state index contributed by atoms with van der Waals surface area (Å²) in [5, 5.41) is 8.68. The summed E-state index contributed by atoms with van der Waals surface area (Å²) in [6.45, 7) is 8.03. The maximum absolute atomic E-state index is 10.6. The van der Waals surface area contributed by atoms with Crippen LogP contribution in [0, 0.1) is 0 Å². The Morgan fingerprint density at radius 2 is 1.89 bits per heavy atom. The van der Waals surface area contributed by atoms with Gasteiger partial charge >= 0.3 is 5.97 Å². The Hall–Kier alpha value is -1.55. The number of nitrogens with zero attached hydrogens (tertiary/aromatic N) is 1. The minimum absolute atomic E-state index is 0.0559. The summed E-state index contributed by atoms with van der Waals surface area (Å²) in [5.41, 5.74) is 0.793. The van der Waals surface area contributed by atoms with E-state index in [4.69, 9.17) is 9.84 Å². The normalized spacial score (nSPS) is 10.7. The molecule has 0 atom stereocenters. The summed E-state index contributed by atoms with van der Waals surface area (Å²) in [6, 6.07) is 7.25. The first-order valence-electron chi connectivity index (χ1n) is 6.81. The van der Waals surface area contributed by atoms with Crippen LogP contribution in [-0.4, -0.2) is 42.2 Å². The molecule has 0 unspecified atom stereocenters. The quantitative estimate of drug-likeness (QED) is 0.745. The van der Waals surface area contributed by atoms with Crippen molar-refractivity contribution in [2.45, 2.75) is 26.7 Å². The number of likely N-dealkylation sites (N-methyl/N-ethyl adjacent to an activating group) is 1. The van der Waals surface area contributed by atoms with E-state index in [9.17, 15) is 4.79 Å². The van der Waals surface area contributed by atoms with Crippen LogP contribution in [0.1, 0.15) is 25.8 Å². The van der Waals surface area contributed by atoms with E-state index in [1.54, 1.807) is 12.1 Å². The van der Waals surface area contributed by atoms with Crippen LogP contribution < -0.4 is 4.74 Å². The van der Waals surface area contributed by atoms with Gasteiger partial charge in [-0.05, 0) is 37.2 Å². The van der Waals surface area contributed by atoms with Crippen molar-refractivity contribution in [3.63, 3.8) is 0 Å². The van der Waals surface area contributed by atoms with Gasteiger partial charge in [-0.15, -0.1) is 0 Å². The molecule has 0 radical (unpaired) electrons. The Morgan fingerprint density at radius 1 is 1.21 bits per heavy atom. The predicted molar refractivity (Wildman–Crippen MR) is 75.7 cm³/mol. The topological polar surface area (TPSA) is 49.8 Å². The number of benzene rings is 1. The molecule has 0 aliphatic rings. The van der Waals surface area contributed by atoms with Gasteiger partial charge in [-0.1, -0.05) is 26.0 Å². The van der Waals surface area contributed by atoms with Crippen molar-refractivity contribution < 1.29 is 14.6 Å². The highest BCUT2D eigenvalue weighted by Gasteiger charge is 2.02. The number of aliphatic carboxylic acids is 1. The summed E-state index contributed by atoms with van der Waals surface area (Å²) < 4.78 is 5.66. The Kier molecular flexibility index (Phi) is 6.97. The van der Waals surface area contributed by atoms with E-state index in [-0.39, 0.29) is 6.42 Å². The molecule has 1 rings (SSSR count). The van der Waals surface area contributed by atoms with Gasteiger partial charge in [-0.2, -0.15) is 0 Å². The Labute approximate surface area is 115 Å². The van der Waals surface area contributed by atoms with Crippen LogP contribution in [0.2, 0.25) is 0 Å². The van der Waals surface area contributed by atoms with E-state index in [0.717, 1.165) is 37.4 Å². The fourth-order valence-electron chi connectivity index (χ4n) is 1.92. The van der Waals surface area contributed by atoms with Crippen LogP contribution in [0.15, 0.2) is 24.3 Å². The predicted octanol–water partition coefficient (Wildman–Crippen LogP) is 2.42. The van der Waals surface area contributed by atoms with E-state index < -0.39 is 5.97 Å². The fraction of sp³-hybridized carbons (Fsp3) is 0.533. The van der Waals surface area contributed by atoms with Crippen LogP contribution in [0.5, 0.6) is 5.75 Å². The van der Waals surface area contributed by atoms with Crippen LogP contribution in [-0.2, 0) is 11.2 Å². The molecule has 0 bridgehead atoms. The zero-order valence-corrected chi connectivity index (χ0v) is 11.8. The molecular formula is C15H23NO3. The lowest BCUT2D eigenvalue weighted by Gasteiger charge is -2.19. The number of hydrogen-bond acceptors (Lipinski definition) is 3. The number of carbonyl (C=O) groups is 1. The monoisotopic (exact) mass is 265 g/mol. The van der Waals surface area contributed by atoms with Crippen LogP contribution in [0.25, 0.3) is 0 Å². The molecule has 1 aromatic carbocycles. The third-order valence-electron chi connectivity index (χ3n) is 2.94. The van der Waals surface area contributed by atoms with Crippen LogP contribution >= 0.6 is 0 Å². The van der Waals surface area contributed by atoms with Crippen molar-refractivity contribution in [3.8, 4) is 5.75 Å². The average Bonchev–Trinajstić information content (AvgIpc) is 2.39. The van der Waals surface area contributed by atoms with E-state index in [2.05, 4.69) is 18.7 Å². The Balaban J connectivity index is 2.35. The van der Waals surface area contributed by atoms with Crippen molar-refractivity contribution in [1.29, 1.82) is 0 Å². The molecule has 0 aliphatic carbocycles. The van der Waals surface area contributed by atoms with Gasteiger partial charge in [0.2, 0.25) is 0 Å². The lowest BCUT2D eigenvalue weighted by Crippen LogP contribution is -2.28. The second kappa shape index (κ2) is 8.53. The Bertz CT molecular complexity index is 375. The SMILES string of the molecule is CCCN(CC)CCOc1ccc(CC(=O)O)cc1.